The van der Waals surface area contributed by atoms with E-state index in [0.717, 1.165) is 18.5 Å². The highest BCUT2D eigenvalue weighted by Crippen LogP contribution is 2.10. The molecule has 1 atom stereocenters. The second kappa shape index (κ2) is 6.23. The standard InChI is InChI=1S/C12H18N2O2/c1-9-7-10(5-6-14-9)3-2-4-11(8-15)12(13)16/h5-7,11,15H,2-4,8H2,1H3,(H2,13,16). The van der Waals surface area contributed by atoms with Crippen LogP contribution in [0, 0.1) is 12.8 Å². The first-order valence-electron chi connectivity index (χ1n) is 5.45. The minimum atomic E-state index is -0.423. The number of hydrogen-bond acceptors (Lipinski definition) is 3. The number of hydrogen-bond donors (Lipinski definition) is 2. The molecule has 1 rings (SSSR count). The molecule has 0 fully saturated rings. The molecule has 16 heavy (non-hydrogen) atoms. The van der Waals surface area contributed by atoms with Crippen LogP contribution in [-0.2, 0) is 11.2 Å². The Kier molecular flexibility index (Phi) is 4.92. The number of rotatable bonds is 6. The molecule has 1 unspecified atom stereocenters. The minimum Gasteiger partial charge on any atom is -0.396 e. The number of aliphatic hydroxyl groups is 1. The van der Waals surface area contributed by atoms with Gasteiger partial charge in [0.1, 0.15) is 0 Å². The van der Waals surface area contributed by atoms with E-state index in [0.29, 0.717) is 6.42 Å². The minimum absolute atomic E-state index is 0.162. The molecule has 0 aliphatic heterocycles. The molecule has 0 aromatic carbocycles. The highest BCUT2D eigenvalue weighted by Gasteiger charge is 2.13. The zero-order valence-corrected chi connectivity index (χ0v) is 9.52. The van der Waals surface area contributed by atoms with Gasteiger partial charge in [0, 0.05) is 11.9 Å². The summed E-state index contributed by atoms with van der Waals surface area (Å²) in [7, 11) is 0. The Labute approximate surface area is 95.5 Å². The van der Waals surface area contributed by atoms with Gasteiger partial charge in [-0.1, -0.05) is 0 Å². The molecule has 0 aliphatic carbocycles. The number of aryl methyl sites for hydroxylation is 2. The van der Waals surface area contributed by atoms with E-state index < -0.39 is 11.8 Å². The summed E-state index contributed by atoms with van der Waals surface area (Å²) in [6.07, 6.45) is 4.14. The number of carbonyl (C=O) groups excluding carboxylic acids is 1. The van der Waals surface area contributed by atoms with E-state index >= 15 is 0 Å². The molecule has 0 spiro atoms. The Bertz CT molecular complexity index is 353. The molecule has 88 valence electrons. The molecule has 3 N–H and O–H groups in total. The molecular weight excluding hydrogens is 204 g/mol. The van der Waals surface area contributed by atoms with Crippen molar-refractivity contribution in [3.63, 3.8) is 0 Å². The Morgan fingerprint density at radius 2 is 2.38 bits per heavy atom. The molecular formula is C12H18N2O2. The van der Waals surface area contributed by atoms with Crippen LogP contribution >= 0.6 is 0 Å². The van der Waals surface area contributed by atoms with Crippen LogP contribution in [0.2, 0.25) is 0 Å². The van der Waals surface area contributed by atoms with E-state index in [-0.39, 0.29) is 6.61 Å². The quantitative estimate of drug-likeness (QED) is 0.747. The van der Waals surface area contributed by atoms with Crippen molar-refractivity contribution >= 4 is 5.91 Å². The molecule has 0 saturated heterocycles. The predicted molar refractivity (Wildman–Crippen MR) is 61.7 cm³/mol. The van der Waals surface area contributed by atoms with Gasteiger partial charge < -0.3 is 10.8 Å². The highest BCUT2D eigenvalue weighted by molar-refractivity contribution is 5.76. The van der Waals surface area contributed by atoms with Gasteiger partial charge in [-0.2, -0.15) is 0 Å². The fourth-order valence-corrected chi connectivity index (χ4v) is 1.64. The first kappa shape index (κ1) is 12.6. The Balaban J connectivity index is 2.38. The average Bonchev–Trinajstić information content (AvgIpc) is 2.24. The van der Waals surface area contributed by atoms with Crippen LogP contribution in [0.4, 0.5) is 0 Å². The molecule has 4 nitrogen and oxygen atoms in total. The first-order chi connectivity index (χ1) is 7.63. The van der Waals surface area contributed by atoms with Crippen LogP contribution in [0.1, 0.15) is 24.1 Å². The summed E-state index contributed by atoms with van der Waals surface area (Å²) in [5.41, 5.74) is 7.34. The summed E-state index contributed by atoms with van der Waals surface area (Å²) >= 11 is 0. The number of nitrogens with two attached hydrogens (primary N) is 1. The fourth-order valence-electron chi connectivity index (χ4n) is 1.64. The number of carbonyl (C=O) groups is 1. The third-order valence-corrected chi connectivity index (χ3v) is 2.60. The van der Waals surface area contributed by atoms with E-state index in [1.165, 1.54) is 5.56 Å². The number of nitrogens with zero attached hydrogens (tertiary/aromatic N) is 1. The van der Waals surface area contributed by atoms with Crippen molar-refractivity contribution in [3.8, 4) is 0 Å². The SMILES string of the molecule is Cc1cc(CCCC(CO)C(N)=O)ccn1. The molecule has 1 heterocycles. The van der Waals surface area contributed by atoms with E-state index in [1.54, 1.807) is 6.20 Å². The molecule has 0 aliphatic rings. The lowest BCUT2D eigenvalue weighted by Gasteiger charge is -2.09. The van der Waals surface area contributed by atoms with Gasteiger partial charge in [-0.3, -0.25) is 9.78 Å². The second-order valence-corrected chi connectivity index (χ2v) is 3.98. The van der Waals surface area contributed by atoms with Gasteiger partial charge >= 0.3 is 0 Å². The van der Waals surface area contributed by atoms with E-state index in [1.807, 2.05) is 19.1 Å². The number of aromatic nitrogens is 1. The summed E-state index contributed by atoms with van der Waals surface area (Å²) in [5, 5.41) is 8.93. The molecule has 0 saturated carbocycles. The van der Waals surface area contributed by atoms with Crippen molar-refractivity contribution in [2.24, 2.45) is 11.7 Å². The zero-order chi connectivity index (χ0) is 12.0. The fraction of sp³-hybridized carbons (Fsp3) is 0.500. The highest BCUT2D eigenvalue weighted by atomic mass is 16.3. The maximum atomic E-state index is 10.9. The number of aliphatic hydroxyl groups excluding tert-OH is 1. The van der Waals surface area contributed by atoms with Crippen molar-refractivity contribution in [1.82, 2.24) is 4.98 Å². The monoisotopic (exact) mass is 222 g/mol. The lowest BCUT2D eigenvalue weighted by molar-refractivity contribution is -0.123. The summed E-state index contributed by atoms with van der Waals surface area (Å²) in [5.74, 6) is -0.837. The van der Waals surface area contributed by atoms with Crippen LogP contribution in [0.25, 0.3) is 0 Å². The van der Waals surface area contributed by atoms with Gasteiger partial charge in [0.05, 0.1) is 12.5 Å². The summed E-state index contributed by atoms with van der Waals surface area (Å²) in [4.78, 5) is 15.0. The molecule has 0 radical (unpaired) electrons. The van der Waals surface area contributed by atoms with Crippen molar-refractivity contribution in [3.05, 3.63) is 29.6 Å². The molecule has 1 aromatic heterocycles. The predicted octanol–water partition coefficient (Wildman–Crippen LogP) is 0.807. The maximum Gasteiger partial charge on any atom is 0.222 e. The second-order valence-electron chi connectivity index (χ2n) is 3.98. The van der Waals surface area contributed by atoms with Crippen LogP contribution in [0.15, 0.2) is 18.3 Å². The van der Waals surface area contributed by atoms with E-state index in [2.05, 4.69) is 4.98 Å². The Morgan fingerprint density at radius 3 is 2.94 bits per heavy atom. The molecule has 4 heteroatoms. The third kappa shape index (κ3) is 3.98. The lowest BCUT2D eigenvalue weighted by atomic mass is 10.00. The number of amides is 1. The molecule has 0 bridgehead atoms. The summed E-state index contributed by atoms with van der Waals surface area (Å²) in [6, 6.07) is 3.99. The van der Waals surface area contributed by atoms with Gasteiger partial charge in [-0.15, -0.1) is 0 Å². The summed E-state index contributed by atoms with van der Waals surface area (Å²) < 4.78 is 0. The van der Waals surface area contributed by atoms with Crippen LogP contribution in [0.3, 0.4) is 0 Å². The van der Waals surface area contributed by atoms with Gasteiger partial charge in [-0.05, 0) is 43.9 Å². The Hall–Kier alpha value is -1.42. The van der Waals surface area contributed by atoms with Crippen molar-refractivity contribution in [1.29, 1.82) is 0 Å². The van der Waals surface area contributed by atoms with Gasteiger partial charge in [0.2, 0.25) is 5.91 Å². The van der Waals surface area contributed by atoms with Crippen molar-refractivity contribution in [2.45, 2.75) is 26.2 Å². The van der Waals surface area contributed by atoms with Gasteiger partial charge in [0.15, 0.2) is 0 Å². The normalized spacial score (nSPS) is 12.4. The first-order valence-corrected chi connectivity index (χ1v) is 5.45. The van der Waals surface area contributed by atoms with Gasteiger partial charge in [-0.25, -0.2) is 0 Å². The van der Waals surface area contributed by atoms with Crippen LogP contribution in [0.5, 0.6) is 0 Å². The van der Waals surface area contributed by atoms with Crippen LogP contribution in [-0.4, -0.2) is 22.6 Å². The van der Waals surface area contributed by atoms with Crippen LogP contribution < -0.4 is 5.73 Å². The van der Waals surface area contributed by atoms with Crippen molar-refractivity contribution in [2.75, 3.05) is 6.61 Å². The third-order valence-electron chi connectivity index (χ3n) is 2.60. The average molecular weight is 222 g/mol. The summed E-state index contributed by atoms with van der Waals surface area (Å²) in [6.45, 7) is 1.79. The smallest absolute Gasteiger partial charge is 0.222 e. The molecule has 1 aromatic rings. The Morgan fingerprint density at radius 1 is 1.62 bits per heavy atom. The molecule has 1 amide bonds. The zero-order valence-electron chi connectivity index (χ0n) is 9.52. The number of pyridine rings is 1. The largest absolute Gasteiger partial charge is 0.396 e. The number of primary amides is 1. The van der Waals surface area contributed by atoms with Gasteiger partial charge in [0.25, 0.3) is 0 Å². The van der Waals surface area contributed by atoms with E-state index in [4.69, 9.17) is 10.8 Å². The van der Waals surface area contributed by atoms with E-state index in [9.17, 15) is 4.79 Å². The van der Waals surface area contributed by atoms with Crippen molar-refractivity contribution < 1.29 is 9.90 Å². The topological polar surface area (TPSA) is 76.2 Å². The maximum absolute atomic E-state index is 10.9. The lowest BCUT2D eigenvalue weighted by Crippen LogP contribution is -2.26.